The molecule has 0 aliphatic heterocycles. The fourth-order valence-corrected chi connectivity index (χ4v) is 2.75. The summed E-state index contributed by atoms with van der Waals surface area (Å²) in [5.41, 5.74) is 0.881. The quantitative estimate of drug-likeness (QED) is 0.946. The molecule has 1 aromatic heterocycles. The summed E-state index contributed by atoms with van der Waals surface area (Å²) in [6.07, 6.45) is 0. The molecule has 0 fully saturated rings. The number of carboxylic acid groups (broad SMARTS) is 1. The monoisotopic (exact) mass is 308 g/mol. The zero-order chi connectivity index (χ0) is 15.7. The van der Waals surface area contributed by atoms with E-state index in [0.29, 0.717) is 11.3 Å². The predicted octanol–water partition coefficient (Wildman–Crippen LogP) is 2.87. The van der Waals surface area contributed by atoms with E-state index in [9.17, 15) is 19.1 Å². The lowest BCUT2D eigenvalue weighted by molar-refractivity contribution is 0.0697. The third kappa shape index (κ3) is 2.78. The Labute approximate surface area is 124 Å². The van der Waals surface area contributed by atoms with Gasteiger partial charge in [-0.05, 0) is 43.1 Å². The van der Waals surface area contributed by atoms with Gasteiger partial charge in [0, 0.05) is 7.05 Å². The Bertz CT molecular complexity index is 727. The van der Waals surface area contributed by atoms with Crippen LogP contribution in [-0.4, -0.2) is 28.4 Å². The number of aromatic nitrogens is 1. The van der Waals surface area contributed by atoms with Crippen LogP contribution in [0.25, 0.3) is 0 Å². The summed E-state index contributed by atoms with van der Waals surface area (Å²) in [6, 6.07) is 4.27. The van der Waals surface area contributed by atoms with Crippen LogP contribution in [0.3, 0.4) is 0 Å². The molecule has 0 saturated carbocycles. The van der Waals surface area contributed by atoms with Crippen molar-refractivity contribution >= 4 is 28.4 Å². The van der Waals surface area contributed by atoms with E-state index in [1.165, 1.54) is 19.2 Å². The van der Waals surface area contributed by atoms with Gasteiger partial charge in [-0.1, -0.05) is 6.07 Å². The number of anilines is 1. The second-order valence-corrected chi connectivity index (χ2v) is 5.35. The molecule has 0 spiro atoms. The van der Waals surface area contributed by atoms with Gasteiger partial charge in [0.25, 0.3) is 5.91 Å². The number of aryl methyl sites for hydroxylation is 2. The fourth-order valence-electron chi connectivity index (χ4n) is 1.90. The summed E-state index contributed by atoms with van der Waals surface area (Å²) in [7, 11) is 1.40. The first-order chi connectivity index (χ1) is 9.82. The van der Waals surface area contributed by atoms with E-state index in [1.54, 1.807) is 19.9 Å². The van der Waals surface area contributed by atoms with Crippen LogP contribution in [0.5, 0.6) is 0 Å². The molecule has 7 heteroatoms. The van der Waals surface area contributed by atoms with Crippen molar-refractivity contribution < 1.29 is 19.1 Å². The highest BCUT2D eigenvalue weighted by molar-refractivity contribution is 7.11. The van der Waals surface area contributed by atoms with Gasteiger partial charge in [0.05, 0.1) is 11.3 Å². The van der Waals surface area contributed by atoms with Crippen molar-refractivity contribution in [3.05, 3.63) is 46.4 Å². The highest BCUT2D eigenvalue weighted by Gasteiger charge is 2.25. The average Bonchev–Trinajstić information content (AvgIpc) is 2.79. The molecule has 0 atom stereocenters. The molecular formula is C14H13FN2O3S. The van der Waals surface area contributed by atoms with Gasteiger partial charge in [0.15, 0.2) is 0 Å². The van der Waals surface area contributed by atoms with Crippen LogP contribution in [0.15, 0.2) is 18.2 Å². The standard InChI is InChI=1S/C14H13FN2O3S/c1-7-4-5-9(10(15)6-7)12(18)17(3)13-11(14(19)20)8(2)16-21-13/h4-6H,1-3H3,(H,19,20). The summed E-state index contributed by atoms with van der Waals surface area (Å²) in [4.78, 5) is 24.7. The molecule has 110 valence electrons. The van der Waals surface area contributed by atoms with E-state index in [2.05, 4.69) is 4.37 Å². The third-order valence-corrected chi connectivity index (χ3v) is 4.04. The third-order valence-electron chi connectivity index (χ3n) is 3.02. The molecule has 0 aliphatic carbocycles. The zero-order valence-electron chi connectivity index (χ0n) is 11.7. The van der Waals surface area contributed by atoms with Crippen molar-refractivity contribution in [1.29, 1.82) is 0 Å². The van der Waals surface area contributed by atoms with E-state index in [4.69, 9.17) is 0 Å². The molecule has 1 amide bonds. The maximum atomic E-state index is 13.9. The Morgan fingerprint density at radius 3 is 2.57 bits per heavy atom. The number of carbonyl (C=O) groups excluding carboxylic acids is 1. The van der Waals surface area contributed by atoms with Gasteiger partial charge < -0.3 is 10.0 Å². The van der Waals surface area contributed by atoms with E-state index >= 15 is 0 Å². The Kier molecular flexibility index (Phi) is 4.04. The van der Waals surface area contributed by atoms with Crippen molar-refractivity contribution in [1.82, 2.24) is 4.37 Å². The largest absolute Gasteiger partial charge is 0.478 e. The highest BCUT2D eigenvalue weighted by Crippen LogP contribution is 2.29. The molecule has 0 bridgehead atoms. The minimum absolute atomic E-state index is 0.0385. The summed E-state index contributed by atoms with van der Waals surface area (Å²) in [5.74, 6) is -2.41. The number of carbonyl (C=O) groups is 2. The molecule has 2 rings (SSSR count). The first-order valence-electron chi connectivity index (χ1n) is 6.06. The molecule has 0 radical (unpaired) electrons. The second kappa shape index (κ2) is 5.61. The Balaban J connectivity index is 2.42. The number of aromatic carboxylic acids is 1. The predicted molar refractivity (Wildman–Crippen MR) is 77.7 cm³/mol. The minimum atomic E-state index is -1.17. The van der Waals surface area contributed by atoms with Gasteiger partial charge in [0.1, 0.15) is 16.4 Å². The molecule has 0 saturated heterocycles. The van der Waals surface area contributed by atoms with Gasteiger partial charge in [-0.3, -0.25) is 4.79 Å². The number of nitrogens with zero attached hydrogens (tertiary/aromatic N) is 2. The summed E-state index contributed by atoms with van der Waals surface area (Å²) in [6.45, 7) is 3.27. The van der Waals surface area contributed by atoms with E-state index in [1.807, 2.05) is 0 Å². The van der Waals surface area contributed by atoms with Gasteiger partial charge in [-0.2, -0.15) is 4.37 Å². The van der Waals surface area contributed by atoms with Crippen LogP contribution in [0.1, 0.15) is 32.0 Å². The van der Waals surface area contributed by atoms with Crippen molar-refractivity contribution in [2.45, 2.75) is 13.8 Å². The number of halogens is 1. The summed E-state index contributed by atoms with van der Waals surface area (Å²) < 4.78 is 17.8. The number of hydrogen-bond donors (Lipinski definition) is 1. The van der Waals surface area contributed by atoms with Crippen LogP contribution in [0, 0.1) is 19.7 Å². The van der Waals surface area contributed by atoms with Gasteiger partial charge in [-0.15, -0.1) is 0 Å². The number of amides is 1. The fraction of sp³-hybridized carbons (Fsp3) is 0.214. The topological polar surface area (TPSA) is 70.5 Å². The lowest BCUT2D eigenvalue weighted by Gasteiger charge is -2.16. The molecule has 1 N–H and O–H groups in total. The lowest BCUT2D eigenvalue weighted by Crippen LogP contribution is -2.27. The van der Waals surface area contributed by atoms with Crippen molar-refractivity contribution in [3.8, 4) is 0 Å². The molecule has 2 aromatic rings. The van der Waals surface area contributed by atoms with Gasteiger partial charge in [-0.25, -0.2) is 9.18 Å². The maximum Gasteiger partial charge on any atom is 0.340 e. The van der Waals surface area contributed by atoms with Crippen molar-refractivity contribution in [3.63, 3.8) is 0 Å². The molecule has 1 aromatic carbocycles. The van der Waals surface area contributed by atoms with Crippen molar-refractivity contribution in [2.24, 2.45) is 0 Å². The molecular weight excluding hydrogens is 295 g/mol. The Morgan fingerprint density at radius 1 is 1.33 bits per heavy atom. The molecule has 5 nitrogen and oxygen atoms in total. The molecule has 1 heterocycles. The average molecular weight is 308 g/mol. The second-order valence-electron chi connectivity index (χ2n) is 4.60. The highest BCUT2D eigenvalue weighted by atomic mass is 32.1. The smallest absolute Gasteiger partial charge is 0.340 e. The molecule has 21 heavy (non-hydrogen) atoms. The van der Waals surface area contributed by atoms with Crippen LogP contribution in [0.2, 0.25) is 0 Å². The minimum Gasteiger partial charge on any atom is -0.478 e. The SMILES string of the molecule is Cc1ccc(C(=O)N(C)c2snc(C)c2C(=O)O)c(F)c1. The van der Waals surface area contributed by atoms with Crippen LogP contribution >= 0.6 is 11.5 Å². The number of rotatable bonds is 3. The zero-order valence-corrected chi connectivity index (χ0v) is 12.5. The van der Waals surface area contributed by atoms with E-state index in [0.717, 1.165) is 16.4 Å². The van der Waals surface area contributed by atoms with E-state index < -0.39 is 17.7 Å². The van der Waals surface area contributed by atoms with Crippen molar-refractivity contribution in [2.75, 3.05) is 11.9 Å². The normalized spacial score (nSPS) is 10.5. The van der Waals surface area contributed by atoms with E-state index in [-0.39, 0.29) is 16.1 Å². The number of carboxylic acids is 1. The van der Waals surface area contributed by atoms with Crippen LogP contribution < -0.4 is 4.90 Å². The Hall–Kier alpha value is -2.28. The lowest BCUT2D eigenvalue weighted by atomic mass is 10.1. The van der Waals surface area contributed by atoms with Gasteiger partial charge >= 0.3 is 5.97 Å². The summed E-state index contributed by atoms with van der Waals surface area (Å²) >= 11 is 0.896. The molecule has 0 unspecified atom stereocenters. The van der Waals surface area contributed by atoms with Gasteiger partial charge in [0.2, 0.25) is 0 Å². The first-order valence-corrected chi connectivity index (χ1v) is 6.84. The maximum absolute atomic E-state index is 13.9. The van der Waals surface area contributed by atoms with Crippen LogP contribution in [-0.2, 0) is 0 Å². The Morgan fingerprint density at radius 2 is 2.00 bits per heavy atom. The van der Waals surface area contributed by atoms with Crippen LogP contribution in [0.4, 0.5) is 9.39 Å². The molecule has 0 aliphatic rings. The number of hydrogen-bond acceptors (Lipinski definition) is 4. The summed E-state index contributed by atoms with van der Waals surface area (Å²) in [5, 5.41) is 9.37. The number of benzene rings is 1. The first kappa shape index (κ1) is 15.1.